The summed E-state index contributed by atoms with van der Waals surface area (Å²) in [5, 5.41) is 9.89. The second-order valence-corrected chi connectivity index (χ2v) is 10.1. The van der Waals surface area contributed by atoms with E-state index in [0.717, 1.165) is 5.56 Å². The fraction of sp³-hybridized carbons (Fsp3) is 0.346. The van der Waals surface area contributed by atoms with E-state index in [1.807, 2.05) is 25.3 Å². The third-order valence-corrected chi connectivity index (χ3v) is 6.01. The maximum absolute atomic E-state index is 13.0. The van der Waals surface area contributed by atoms with E-state index < -0.39 is 17.1 Å². The highest BCUT2D eigenvalue weighted by atomic mass is 16.6. The number of hydrogen-bond acceptors (Lipinski definition) is 8. The highest BCUT2D eigenvalue weighted by Crippen LogP contribution is 2.33. The van der Waals surface area contributed by atoms with Gasteiger partial charge in [-0.05, 0) is 51.5 Å². The molecule has 0 aliphatic carbocycles. The molecule has 37 heavy (non-hydrogen) atoms. The first-order valence-electron chi connectivity index (χ1n) is 11.9. The normalized spacial score (nSPS) is 14.7. The molecule has 0 radical (unpaired) electrons. The molecular weight excluding hydrogens is 476 g/mol. The van der Waals surface area contributed by atoms with Crippen molar-refractivity contribution in [2.24, 2.45) is 0 Å². The number of rotatable bonds is 6. The smallest absolute Gasteiger partial charge is 0.407 e. The summed E-state index contributed by atoms with van der Waals surface area (Å²) in [5.41, 5.74) is 1.97. The predicted molar refractivity (Wildman–Crippen MR) is 134 cm³/mol. The zero-order chi connectivity index (χ0) is 26.2. The number of fused-ring (bicyclic) bond motifs is 1. The van der Waals surface area contributed by atoms with Crippen LogP contribution in [0.2, 0.25) is 0 Å². The van der Waals surface area contributed by atoms with Crippen molar-refractivity contribution in [2.75, 3.05) is 25.1 Å². The number of carbonyl (C=O) groups is 2. The van der Waals surface area contributed by atoms with Crippen LogP contribution in [0.5, 0.6) is 0 Å². The van der Waals surface area contributed by atoms with Crippen LogP contribution in [0.4, 0.5) is 10.5 Å². The Morgan fingerprint density at radius 1 is 1.19 bits per heavy atom. The quantitative estimate of drug-likeness (QED) is 0.406. The molecule has 11 heteroatoms. The molecule has 0 bridgehead atoms. The van der Waals surface area contributed by atoms with Crippen LogP contribution in [0.15, 0.2) is 53.4 Å². The Kier molecular flexibility index (Phi) is 6.16. The molecule has 0 spiro atoms. The zero-order valence-electron chi connectivity index (χ0n) is 21.1. The van der Waals surface area contributed by atoms with Crippen molar-refractivity contribution in [2.45, 2.75) is 38.7 Å². The van der Waals surface area contributed by atoms with E-state index >= 15 is 0 Å². The number of ether oxygens (including phenoxy) is 2. The summed E-state index contributed by atoms with van der Waals surface area (Å²) in [6.45, 7) is 8.20. The third kappa shape index (κ3) is 5.03. The molecule has 4 aromatic rings. The van der Waals surface area contributed by atoms with Crippen LogP contribution in [0.3, 0.4) is 0 Å². The molecule has 1 saturated heterocycles. The van der Waals surface area contributed by atoms with Gasteiger partial charge in [0, 0.05) is 36.4 Å². The van der Waals surface area contributed by atoms with Crippen molar-refractivity contribution < 1.29 is 23.6 Å². The highest BCUT2D eigenvalue weighted by molar-refractivity contribution is 6.08. The highest BCUT2D eigenvalue weighted by Gasteiger charge is 2.46. The van der Waals surface area contributed by atoms with Crippen molar-refractivity contribution in [3.05, 3.63) is 65.9 Å². The number of imidazole rings is 1. The Hall–Kier alpha value is -4.25. The molecule has 11 nitrogen and oxygen atoms in total. The minimum atomic E-state index is -0.632. The van der Waals surface area contributed by atoms with Gasteiger partial charge in [0.25, 0.3) is 5.91 Å². The molecule has 1 aromatic carbocycles. The van der Waals surface area contributed by atoms with Gasteiger partial charge in [-0.25, -0.2) is 9.78 Å². The Balaban J connectivity index is 1.33. The number of amides is 2. The minimum absolute atomic E-state index is 0.234. The number of pyridine rings is 1. The first-order valence-corrected chi connectivity index (χ1v) is 11.9. The molecule has 0 unspecified atom stereocenters. The molecule has 1 fully saturated rings. The van der Waals surface area contributed by atoms with E-state index in [2.05, 4.69) is 25.8 Å². The molecule has 2 amide bonds. The van der Waals surface area contributed by atoms with Crippen molar-refractivity contribution >= 4 is 23.3 Å². The molecule has 0 saturated carbocycles. The molecule has 4 heterocycles. The summed E-state index contributed by atoms with van der Waals surface area (Å²) in [5.74, 6) is 0.455. The van der Waals surface area contributed by atoms with Crippen molar-refractivity contribution in [3.8, 4) is 11.4 Å². The van der Waals surface area contributed by atoms with Crippen molar-refractivity contribution in [1.82, 2.24) is 24.8 Å². The number of hydrogen-bond donors (Lipinski definition) is 2. The molecule has 1 aliphatic rings. The monoisotopic (exact) mass is 504 g/mol. The summed E-state index contributed by atoms with van der Waals surface area (Å²) in [6, 6.07) is 9.07. The number of nitrogens with zero attached hydrogens (tertiary/aromatic N) is 4. The van der Waals surface area contributed by atoms with Gasteiger partial charge >= 0.3 is 6.09 Å². The SMILES string of the molecule is Cc1ccc(-c2noc(C3(CNC(=O)OC(C)(C)C)COC3)n2)cc1NC(=O)c1cccn2ccnc12. The summed E-state index contributed by atoms with van der Waals surface area (Å²) < 4.78 is 18.1. The van der Waals surface area contributed by atoms with E-state index in [9.17, 15) is 9.59 Å². The van der Waals surface area contributed by atoms with Crippen LogP contribution < -0.4 is 10.6 Å². The first-order chi connectivity index (χ1) is 17.6. The van der Waals surface area contributed by atoms with Gasteiger partial charge in [0.2, 0.25) is 11.7 Å². The Morgan fingerprint density at radius 2 is 2.00 bits per heavy atom. The molecule has 2 N–H and O–H groups in total. The van der Waals surface area contributed by atoms with Gasteiger partial charge in [-0.15, -0.1) is 0 Å². The second kappa shape index (κ2) is 9.32. The minimum Gasteiger partial charge on any atom is -0.444 e. The van der Waals surface area contributed by atoms with Crippen LogP contribution in [0, 0.1) is 6.92 Å². The molecule has 5 rings (SSSR count). The molecule has 3 aromatic heterocycles. The number of aromatic nitrogens is 4. The lowest BCUT2D eigenvalue weighted by Gasteiger charge is -2.38. The van der Waals surface area contributed by atoms with Crippen LogP contribution in [0.25, 0.3) is 17.0 Å². The largest absolute Gasteiger partial charge is 0.444 e. The van der Waals surface area contributed by atoms with E-state index in [-0.39, 0.29) is 12.5 Å². The number of benzene rings is 1. The van der Waals surface area contributed by atoms with Crippen LogP contribution in [-0.2, 0) is 14.9 Å². The van der Waals surface area contributed by atoms with Gasteiger partial charge in [0.05, 0.1) is 18.8 Å². The van der Waals surface area contributed by atoms with Gasteiger partial charge in [0.1, 0.15) is 16.7 Å². The Bertz CT molecular complexity index is 1460. The van der Waals surface area contributed by atoms with Crippen LogP contribution in [-0.4, -0.2) is 56.9 Å². The van der Waals surface area contributed by atoms with Crippen LogP contribution >= 0.6 is 0 Å². The van der Waals surface area contributed by atoms with Gasteiger partial charge in [0.15, 0.2) is 0 Å². The van der Waals surface area contributed by atoms with Gasteiger partial charge < -0.3 is 29.0 Å². The maximum atomic E-state index is 13.0. The summed E-state index contributed by atoms with van der Waals surface area (Å²) in [7, 11) is 0. The third-order valence-electron chi connectivity index (χ3n) is 6.01. The lowest BCUT2D eigenvalue weighted by Crippen LogP contribution is -2.55. The lowest BCUT2D eigenvalue weighted by molar-refractivity contribution is -0.0736. The fourth-order valence-electron chi connectivity index (χ4n) is 3.97. The molecule has 1 aliphatic heterocycles. The van der Waals surface area contributed by atoms with E-state index in [4.69, 9.17) is 14.0 Å². The first kappa shape index (κ1) is 24.4. The number of anilines is 1. The maximum Gasteiger partial charge on any atom is 0.407 e. The zero-order valence-corrected chi connectivity index (χ0v) is 21.1. The van der Waals surface area contributed by atoms with Gasteiger partial charge in [-0.3, -0.25) is 4.79 Å². The average molecular weight is 505 g/mol. The molecule has 0 atom stereocenters. The standard InChI is InChI=1S/C26H28N6O5/c1-16-7-8-17(12-19(16)29-22(33)18-6-5-10-32-11-9-27-21(18)32)20-30-23(37-31-20)26(14-35-15-26)13-28-24(34)36-25(2,3)4/h5-12H,13-15H2,1-4H3,(H,28,34)(H,29,33). The Labute approximate surface area is 213 Å². The Morgan fingerprint density at radius 3 is 2.73 bits per heavy atom. The number of aryl methyl sites for hydroxylation is 1. The number of carbonyl (C=O) groups excluding carboxylic acids is 2. The summed E-state index contributed by atoms with van der Waals surface area (Å²) in [4.78, 5) is 34.1. The number of alkyl carbamates (subject to hydrolysis) is 1. The van der Waals surface area contributed by atoms with E-state index in [1.165, 1.54) is 0 Å². The summed E-state index contributed by atoms with van der Waals surface area (Å²) in [6.07, 6.45) is 4.74. The second-order valence-electron chi connectivity index (χ2n) is 10.1. The molecular formula is C26H28N6O5. The fourth-order valence-corrected chi connectivity index (χ4v) is 3.97. The van der Waals surface area contributed by atoms with E-state index in [0.29, 0.717) is 47.4 Å². The molecule has 192 valence electrons. The predicted octanol–water partition coefficient (Wildman–Crippen LogP) is 3.74. The van der Waals surface area contributed by atoms with Gasteiger partial charge in [-0.2, -0.15) is 4.98 Å². The summed E-state index contributed by atoms with van der Waals surface area (Å²) >= 11 is 0. The van der Waals surface area contributed by atoms with Crippen molar-refractivity contribution in [3.63, 3.8) is 0 Å². The lowest BCUT2D eigenvalue weighted by atomic mass is 9.85. The van der Waals surface area contributed by atoms with Gasteiger partial charge in [-0.1, -0.05) is 17.3 Å². The van der Waals surface area contributed by atoms with Crippen LogP contribution in [0.1, 0.15) is 42.6 Å². The number of nitrogens with one attached hydrogen (secondary N) is 2. The average Bonchev–Trinajstić information content (AvgIpc) is 3.48. The van der Waals surface area contributed by atoms with E-state index in [1.54, 1.807) is 55.8 Å². The van der Waals surface area contributed by atoms with Crippen molar-refractivity contribution in [1.29, 1.82) is 0 Å². The topological polar surface area (TPSA) is 133 Å².